The molecule has 2 unspecified atom stereocenters. The quantitative estimate of drug-likeness (QED) is 0.466. The van der Waals surface area contributed by atoms with Gasteiger partial charge in [-0.25, -0.2) is 6.57 Å². The minimum atomic E-state index is -0.964. The highest BCUT2D eigenvalue weighted by molar-refractivity contribution is 6.04. The highest BCUT2D eigenvalue weighted by Gasteiger charge is 2.60. The number of hydrogen-bond acceptors (Lipinski definition) is 4. The molecule has 2 rings (SSSR count). The zero-order valence-electron chi connectivity index (χ0n) is 9.10. The van der Waals surface area contributed by atoms with Gasteiger partial charge in [-0.05, 0) is 12.8 Å². The first-order valence-electron chi connectivity index (χ1n) is 5.34. The van der Waals surface area contributed by atoms with Gasteiger partial charge in [0.1, 0.15) is 5.92 Å². The fourth-order valence-corrected chi connectivity index (χ4v) is 2.63. The number of nitrogens with zero attached hydrogens (tertiary/aromatic N) is 2. The van der Waals surface area contributed by atoms with Crippen LogP contribution in [0.4, 0.5) is 0 Å². The van der Waals surface area contributed by atoms with Gasteiger partial charge in [-0.15, -0.1) is 0 Å². The molecule has 2 amide bonds. The number of imide groups is 1. The van der Waals surface area contributed by atoms with Crippen molar-refractivity contribution in [2.24, 2.45) is 11.3 Å². The molecule has 0 aromatic carbocycles. The number of piperidine rings is 1. The predicted octanol–water partition coefficient (Wildman–Crippen LogP) is -0.133. The van der Waals surface area contributed by atoms with E-state index in [0.29, 0.717) is 26.1 Å². The van der Waals surface area contributed by atoms with Gasteiger partial charge >= 0.3 is 11.9 Å². The van der Waals surface area contributed by atoms with E-state index in [2.05, 4.69) is 10.2 Å². The minimum Gasteiger partial charge on any atom is -0.381 e. The van der Waals surface area contributed by atoms with Gasteiger partial charge in [-0.3, -0.25) is 14.9 Å². The van der Waals surface area contributed by atoms with E-state index in [-0.39, 0.29) is 0 Å². The molecular weight excluding hydrogens is 222 g/mol. The van der Waals surface area contributed by atoms with Crippen LogP contribution in [0.3, 0.4) is 0 Å². The van der Waals surface area contributed by atoms with E-state index in [1.54, 1.807) is 0 Å². The summed E-state index contributed by atoms with van der Waals surface area (Å²) >= 11 is 0. The molecule has 0 aromatic rings. The van der Waals surface area contributed by atoms with Crippen molar-refractivity contribution in [3.05, 3.63) is 11.4 Å². The molecule has 1 N–H and O–H groups in total. The maximum atomic E-state index is 11.7. The van der Waals surface area contributed by atoms with Crippen molar-refractivity contribution in [2.45, 2.75) is 18.9 Å². The Morgan fingerprint density at radius 2 is 2.06 bits per heavy atom. The van der Waals surface area contributed by atoms with E-state index >= 15 is 0 Å². The lowest BCUT2D eigenvalue weighted by molar-refractivity contribution is -0.146. The van der Waals surface area contributed by atoms with E-state index in [0.717, 1.165) is 0 Å². The zero-order valence-corrected chi connectivity index (χ0v) is 9.10. The number of nitriles is 1. The van der Waals surface area contributed by atoms with Crippen LogP contribution in [0.5, 0.6) is 0 Å². The summed E-state index contributed by atoms with van der Waals surface area (Å²) in [4.78, 5) is 26.7. The first-order chi connectivity index (χ1) is 8.15. The standard InChI is InChI=1S/C11H11N3O3/c1-13-8-10(16)14-9(15)7(6-12)11(8)2-4-17-5-3-11/h7-8H,2-5H2,(H,14,15,16). The molecule has 2 fully saturated rings. The monoisotopic (exact) mass is 233 g/mol. The normalized spacial score (nSPS) is 31.4. The molecule has 2 aliphatic rings. The fraction of sp³-hybridized carbons (Fsp3) is 0.636. The lowest BCUT2D eigenvalue weighted by atomic mass is 9.63. The van der Waals surface area contributed by atoms with E-state index in [9.17, 15) is 9.59 Å². The number of amides is 2. The molecule has 2 saturated heterocycles. The molecule has 2 atom stereocenters. The summed E-state index contributed by atoms with van der Waals surface area (Å²) in [5.41, 5.74) is -0.867. The third-order valence-electron chi connectivity index (χ3n) is 3.56. The van der Waals surface area contributed by atoms with Crippen molar-refractivity contribution in [2.75, 3.05) is 13.2 Å². The maximum absolute atomic E-state index is 11.7. The van der Waals surface area contributed by atoms with E-state index in [1.807, 2.05) is 6.07 Å². The topological polar surface area (TPSA) is 83.5 Å². The Morgan fingerprint density at radius 1 is 1.41 bits per heavy atom. The molecule has 6 heteroatoms. The average molecular weight is 233 g/mol. The van der Waals surface area contributed by atoms with Gasteiger partial charge in [0.25, 0.3) is 0 Å². The summed E-state index contributed by atoms with van der Waals surface area (Å²) in [5.74, 6) is -2.11. The second-order valence-corrected chi connectivity index (χ2v) is 4.29. The highest BCUT2D eigenvalue weighted by atomic mass is 16.5. The molecule has 2 heterocycles. The fourth-order valence-electron chi connectivity index (χ4n) is 2.63. The Balaban J connectivity index is 2.46. The van der Waals surface area contributed by atoms with E-state index < -0.39 is 29.2 Å². The Bertz CT molecular complexity index is 406. The van der Waals surface area contributed by atoms with Gasteiger partial charge in [0.2, 0.25) is 5.91 Å². The second-order valence-electron chi connectivity index (χ2n) is 4.29. The Kier molecular flexibility index (Phi) is 2.83. The van der Waals surface area contributed by atoms with E-state index in [4.69, 9.17) is 16.6 Å². The van der Waals surface area contributed by atoms with Gasteiger partial charge in [0.15, 0.2) is 0 Å². The molecule has 17 heavy (non-hydrogen) atoms. The predicted molar refractivity (Wildman–Crippen MR) is 55.1 cm³/mol. The summed E-state index contributed by atoms with van der Waals surface area (Å²) in [6, 6.07) is 0.972. The van der Waals surface area contributed by atoms with E-state index in [1.165, 1.54) is 0 Å². The van der Waals surface area contributed by atoms with Crippen molar-refractivity contribution < 1.29 is 14.3 Å². The Labute approximate surface area is 98.4 Å². The third kappa shape index (κ3) is 1.58. The molecule has 0 saturated carbocycles. The molecule has 88 valence electrons. The SMILES string of the molecule is [C-]#[N+]C1C(=O)NC(=O)C(C#N)C12CCOCC2. The number of rotatable bonds is 0. The summed E-state index contributed by atoms with van der Waals surface area (Å²) in [5, 5.41) is 11.2. The molecule has 0 aliphatic carbocycles. The van der Waals surface area contributed by atoms with Crippen LogP contribution in [-0.4, -0.2) is 31.1 Å². The lowest BCUT2D eigenvalue weighted by Crippen LogP contribution is -2.61. The smallest absolute Gasteiger partial charge is 0.310 e. The maximum Gasteiger partial charge on any atom is 0.310 e. The van der Waals surface area contributed by atoms with Crippen LogP contribution in [0.25, 0.3) is 4.85 Å². The van der Waals surface area contributed by atoms with Gasteiger partial charge in [0, 0.05) is 13.2 Å². The Hall–Kier alpha value is -1.92. The minimum absolute atomic E-state index is 0.380. The summed E-state index contributed by atoms with van der Waals surface area (Å²) in [6.45, 7) is 7.88. The number of hydrogen-bond donors (Lipinski definition) is 1. The molecule has 0 aromatic heterocycles. The Morgan fingerprint density at radius 3 is 2.59 bits per heavy atom. The van der Waals surface area contributed by atoms with Crippen LogP contribution < -0.4 is 5.32 Å². The molecule has 0 radical (unpaired) electrons. The van der Waals surface area contributed by atoms with Crippen LogP contribution in [0.15, 0.2) is 0 Å². The largest absolute Gasteiger partial charge is 0.381 e. The molecular formula is C11H11N3O3. The molecule has 6 nitrogen and oxygen atoms in total. The van der Waals surface area contributed by atoms with Crippen LogP contribution >= 0.6 is 0 Å². The molecule has 2 aliphatic heterocycles. The average Bonchev–Trinajstić information content (AvgIpc) is 2.30. The van der Waals surface area contributed by atoms with Gasteiger partial charge in [-0.2, -0.15) is 5.26 Å². The number of carbonyl (C=O) groups is 2. The van der Waals surface area contributed by atoms with Crippen LogP contribution in [-0.2, 0) is 14.3 Å². The van der Waals surface area contributed by atoms with Crippen LogP contribution in [0.1, 0.15) is 12.8 Å². The van der Waals surface area contributed by atoms with Crippen molar-refractivity contribution in [1.29, 1.82) is 5.26 Å². The van der Waals surface area contributed by atoms with Crippen LogP contribution in [0, 0.1) is 29.2 Å². The summed E-state index contributed by atoms with van der Waals surface area (Å²) in [6.07, 6.45) is 0.800. The second kappa shape index (κ2) is 4.15. The molecule has 0 bridgehead atoms. The van der Waals surface area contributed by atoms with Crippen molar-refractivity contribution >= 4 is 11.8 Å². The number of carbonyl (C=O) groups excluding carboxylic acids is 2. The lowest BCUT2D eigenvalue weighted by Gasteiger charge is -2.41. The summed E-state index contributed by atoms with van der Waals surface area (Å²) < 4.78 is 5.20. The first-order valence-corrected chi connectivity index (χ1v) is 5.34. The molecule has 1 spiro atoms. The van der Waals surface area contributed by atoms with Crippen molar-refractivity contribution in [3.63, 3.8) is 0 Å². The van der Waals surface area contributed by atoms with Gasteiger partial charge < -0.3 is 9.58 Å². The van der Waals surface area contributed by atoms with Crippen molar-refractivity contribution in [3.8, 4) is 6.07 Å². The van der Waals surface area contributed by atoms with Crippen LogP contribution in [0.2, 0.25) is 0 Å². The number of ether oxygens (including phenoxy) is 1. The zero-order chi connectivity index (χ0) is 12.5. The first kappa shape index (κ1) is 11.6. The number of nitrogens with one attached hydrogen (secondary N) is 1. The summed E-state index contributed by atoms with van der Waals surface area (Å²) in [7, 11) is 0. The van der Waals surface area contributed by atoms with Gasteiger partial charge in [-0.1, -0.05) is 0 Å². The highest BCUT2D eigenvalue weighted by Crippen LogP contribution is 2.45. The van der Waals surface area contributed by atoms with Crippen molar-refractivity contribution in [1.82, 2.24) is 5.32 Å². The van der Waals surface area contributed by atoms with Gasteiger partial charge in [0.05, 0.1) is 11.5 Å². The third-order valence-corrected chi connectivity index (χ3v) is 3.56.